The second kappa shape index (κ2) is 6.23. The Morgan fingerprint density at radius 3 is 2.72 bits per heavy atom. The first-order chi connectivity index (χ1) is 8.40. The molecular weight excluding hydrogens is 249 g/mol. The van der Waals surface area contributed by atoms with Crippen molar-refractivity contribution in [2.24, 2.45) is 0 Å². The minimum absolute atomic E-state index is 0.00569. The van der Waals surface area contributed by atoms with Gasteiger partial charge in [0.25, 0.3) is 0 Å². The van der Waals surface area contributed by atoms with Crippen molar-refractivity contribution in [1.29, 1.82) is 0 Å². The van der Waals surface area contributed by atoms with Gasteiger partial charge in [-0.15, -0.1) is 0 Å². The van der Waals surface area contributed by atoms with Crippen molar-refractivity contribution in [3.05, 3.63) is 23.9 Å². The lowest BCUT2D eigenvalue weighted by molar-refractivity contribution is -0.135. The van der Waals surface area contributed by atoms with Gasteiger partial charge in [0.15, 0.2) is 0 Å². The van der Waals surface area contributed by atoms with E-state index >= 15 is 0 Å². The van der Waals surface area contributed by atoms with Gasteiger partial charge in [0.2, 0.25) is 0 Å². The summed E-state index contributed by atoms with van der Waals surface area (Å²) in [6.07, 6.45) is -3.24. The molecule has 0 aliphatic heterocycles. The van der Waals surface area contributed by atoms with Crippen LogP contribution in [0.4, 0.5) is 19.0 Å². The van der Waals surface area contributed by atoms with E-state index in [1.54, 1.807) is 0 Å². The second-order valence-electron chi connectivity index (χ2n) is 3.70. The lowest BCUT2D eigenvalue weighted by Crippen LogP contribution is -2.11. The van der Waals surface area contributed by atoms with Gasteiger partial charge in [0.1, 0.15) is 11.4 Å². The number of nitrogens with zero attached hydrogens (tertiary/aromatic N) is 1. The molecule has 0 atom stereocenters. The molecule has 0 aliphatic carbocycles. The fourth-order valence-electron chi connectivity index (χ4n) is 1.38. The number of alkyl halides is 3. The summed E-state index contributed by atoms with van der Waals surface area (Å²) >= 11 is 0. The van der Waals surface area contributed by atoms with Crippen molar-refractivity contribution >= 4 is 11.8 Å². The Kier molecular flexibility index (Phi) is 4.94. The molecule has 0 saturated carbocycles. The first-order valence-electron chi connectivity index (χ1n) is 5.39. The van der Waals surface area contributed by atoms with Crippen molar-refractivity contribution in [2.45, 2.75) is 25.4 Å². The molecule has 0 aliphatic rings. The van der Waals surface area contributed by atoms with E-state index in [4.69, 9.17) is 5.11 Å². The Labute approximate surface area is 102 Å². The first-order valence-corrected chi connectivity index (χ1v) is 5.39. The van der Waals surface area contributed by atoms with Gasteiger partial charge in [-0.25, -0.2) is 9.78 Å². The van der Waals surface area contributed by atoms with Gasteiger partial charge in [0, 0.05) is 19.2 Å². The van der Waals surface area contributed by atoms with Crippen LogP contribution in [0.15, 0.2) is 18.3 Å². The van der Waals surface area contributed by atoms with E-state index in [0.717, 1.165) is 0 Å². The number of anilines is 1. The zero-order chi connectivity index (χ0) is 13.6. The molecule has 0 unspecified atom stereocenters. The highest BCUT2D eigenvalue weighted by atomic mass is 19.4. The summed E-state index contributed by atoms with van der Waals surface area (Å²) in [4.78, 5) is 14.6. The van der Waals surface area contributed by atoms with Gasteiger partial charge >= 0.3 is 12.1 Å². The molecular formula is C11H13F3N2O2. The van der Waals surface area contributed by atoms with Gasteiger partial charge < -0.3 is 10.4 Å². The van der Waals surface area contributed by atoms with E-state index in [1.165, 1.54) is 18.3 Å². The summed E-state index contributed by atoms with van der Waals surface area (Å²) in [7, 11) is 0. The quantitative estimate of drug-likeness (QED) is 0.774. The average Bonchev–Trinajstić information content (AvgIpc) is 2.27. The lowest BCUT2D eigenvalue weighted by atomic mass is 10.2. The molecule has 0 spiro atoms. The molecule has 4 nitrogen and oxygen atoms in total. The van der Waals surface area contributed by atoms with Crippen molar-refractivity contribution in [3.63, 3.8) is 0 Å². The molecule has 1 aromatic rings. The molecule has 0 fully saturated rings. The maximum Gasteiger partial charge on any atom is 0.389 e. The molecule has 0 saturated heterocycles. The molecule has 18 heavy (non-hydrogen) atoms. The third-order valence-corrected chi connectivity index (χ3v) is 2.22. The molecule has 7 heteroatoms. The van der Waals surface area contributed by atoms with Crippen LogP contribution in [0.3, 0.4) is 0 Å². The Balaban J connectivity index is 2.38. The number of aromatic nitrogens is 1. The molecule has 0 radical (unpaired) electrons. The third kappa shape index (κ3) is 5.03. The van der Waals surface area contributed by atoms with Crippen LogP contribution in [0.25, 0.3) is 0 Å². The normalized spacial score (nSPS) is 11.3. The summed E-state index contributed by atoms with van der Waals surface area (Å²) in [5, 5.41) is 11.6. The summed E-state index contributed by atoms with van der Waals surface area (Å²) in [6.45, 7) is 0.257. The first kappa shape index (κ1) is 14.3. The van der Waals surface area contributed by atoms with E-state index in [1.807, 2.05) is 0 Å². The highest BCUT2D eigenvalue weighted by Crippen LogP contribution is 2.22. The molecule has 100 valence electrons. The summed E-state index contributed by atoms with van der Waals surface area (Å²) in [6, 6.07) is 2.87. The van der Waals surface area contributed by atoms with Crippen LogP contribution < -0.4 is 5.32 Å². The summed E-state index contributed by atoms with van der Waals surface area (Å²) in [5.74, 6) is -0.946. The fourth-order valence-corrected chi connectivity index (χ4v) is 1.38. The minimum atomic E-state index is -4.14. The number of rotatable bonds is 6. The van der Waals surface area contributed by atoms with Crippen LogP contribution in [0, 0.1) is 0 Å². The van der Waals surface area contributed by atoms with Gasteiger partial charge in [-0.2, -0.15) is 13.2 Å². The molecule has 2 N–H and O–H groups in total. The number of hydrogen-bond acceptors (Lipinski definition) is 3. The van der Waals surface area contributed by atoms with Crippen molar-refractivity contribution in [3.8, 4) is 0 Å². The zero-order valence-electron chi connectivity index (χ0n) is 9.50. The van der Waals surface area contributed by atoms with E-state index in [-0.39, 0.29) is 24.3 Å². The van der Waals surface area contributed by atoms with Crippen LogP contribution in [-0.2, 0) is 0 Å². The largest absolute Gasteiger partial charge is 0.478 e. The molecule has 0 aromatic carbocycles. The predicted molar refractivity (Wildman–Crippen MR) is 59.6 cm³/mol. The van der Waals surface area contributed by atoms with E-state index in [2.05, 4.69) is 10.3 Å². The number of hydrogen-bond donors (Lipinski definition) is 2. The monoisotopic (exact) mass is 262 g/mol. The van der Waals surface area contributed by atoms with Crippen LogP contribution in [0.1, 0.15) is 29.6 Å². The number of aromatic carboxylic acids is 1. The van der Waals surface area contributed by atoms with Gasteiger partial charge in [0.05, 0.1) is 0 Å². The van der Waals surface area contributed by atoms with Crippen molar-refractivity contribution in [2.75, 3.05) is 11.9 Å². The summed E-state index contributed by atoms with van der Waals surface area (Å²) in [5.41, 5.74) is 0.00770. The van der Waals surface area contributed by atoms with E-state index < -0.39 is 18.6 Å². The summed E-state index contributed by atoms with van der Waals surface area (Å²) < 4.78 is 35.6. The number of unbranched alkanes of at least 4 members (excludes halogenated alkanes) is 1. The number of nitrogens with one attached hydrogen (secondary N) is 1. The van der Waals surface area contributed by atoms with Crippen molar-refractivity contribution in [1.82, 2.24) is 4.98 Å². The Morgan fingerprint density at radius 2 is 2.11 bits per heavy atom. The fraction of sp³-hybridized carbons (Fsp3) is 0.455. The molecule has 1 rings (SSSR count). The standard InChI is InChI=1S/C11H13F3N2O2/c12-11(13,14)5-1-2-6-15-9-8(10(17)18)4-3-7-16-9/h3-4,7H,1-2,5-6H2,(H,15,16)(H,17,18). The maximum absolute atomic E-state index is 11.9. The van der Waals surface area contributed by atoms with Crippen LogP contribution in [0.2, 0.25) is 0 Å². The molecule has 1 aromatic heterocycles. The van der Waals surface area contributed by atoms with Crippen LogP contribution in [-0.4, -0.2) is 28.8 Å². The minimum Gasteiger partial charge on any atom is -0.478 e. The maximum atomic E-state index is 11.9. The smallest absolute Gasteiger partial charge is 0.389 e. The molecule has 1 heterocycles. The van der Waals surface area contributed by atoms with Crippen LogP contribution in [0.5, 0.6) is 0 Å². The van der Waals surface area contributed by atoms with Gasteiger partial charge in [-0.3, -0.25) is 0 Å². The van der Waals surface area contributed by atoms with Gasteiger partial charge in [-0.1, -0.05) is 0 Å². The topological polar surface area (TPSA) is 62.2 Å². The number of carbonyl (C=O) groups is 1. The van der Waals surface area contributed by atoms with E-state index in [0.29, 0.717) is 6.42 Å². The highest BCUT2D eigenvalue weighted by molar-refractivity contribution is 5.92. The second-order valence-corrected chi connectivity index (χ2v) is 3.70. The van der Waals surface area contributed by atoms with Crippen molar-refractivity contribution < 1.29 is 23.1 Å². The molecule has 0 amide bonds. The number of pyridine rings is 1. The van der Waals surface area contributed by atoms with Crippen LogP contribution >= 0.6 is 0 Å². The highest BCUT2D eigenvalue weighted by Gasteiger charge is 2.25. The lowest BCUT2D eigenvalue weighted by Gasteiger charge is -2.09. The average molecular weight is 262 g/mol. The third-order valence-electron chi connectivity index (χ3n) is 2.22. The zero-order valence-corrected chi connectivity index (χ0v) is 9.50. The Bertz CT molecular complexity index is 408. The number of halogens is 3. The number of carboxylic acid groups (broad SMARTS) is 1. The molecule has 0 bridgehead atoms. The Hall–Kier alpha value is -1.79. The number of carboxylic acids is 1. The van der Waals surface area contributed by atoms with E-state index in [9.17, 15) is 18.0 Å². The Morgan fingerprint density at radius 1 is 1.39 bits per heavy atom. The predicted octanol–water partition coefficient (Wildman–Crippen LogP) is 2.92. The van der Waals surface area contributed by atoms with Gasteiger partial charge in [-0.05, 0) is 25.0 Å². The SMILES string of the molecule is O=C(O)c1cccnc1NCCCCC(F)(F)F.